The van der Waals surface area contributed by atoms with Crippen molar-refractivity contribution in [3.05, 3.63) is 0 Å². The molecule has 1 N–H and O–H groups in total. The van der Waals surface area contributed by atoms with Crippen LogP contribution in [-0.4, -0.2) is 12.6 Å². The number of hydrogen-bond acceptors (Lipinski definition) is 1. The number of fused-ring (bicyclic) bond motifs is 2. The molecule has 3 aliphatic carbocycles. The highest BCUT2D eigenvalue weighted by Crippen LogP contribution is 2.62. The van der Waals surface area contributed by atoms with Gasteiger partial charge in [0, 0.05) is 5.54 Å². The zero-order chi connectivity index (χ0) is 11.3. The molecule has 3 saturated carbocycles. The van der Waals surface area contributed by atoms with Gasteiger partial charge in [0.15, 0.2) is 0 Å². The first-order chi connectivity index (χ1) is 6.87. The van der Waals surface area contributed by atoms with E-state index in [4.69, 9.17) is 0 Å². The molecule has 0 aliphatic heterocycles. The molecule has 1 heteroatoms. The van der Waals surface area contributed by atoms with E-state index in [2.05, 4.69) is 40.1 Å². The maximum atomic E-state index is 3.45. The Morgan fingerprint density at radius 2 is 1.93 bits per heavy atom. The van der Waals surface area contributed by atoms with E-state index in [0.717, 1.165) is 17.8 Å². The zero-order valence-electron chi connectivity index (χ0n) is 11.1. The Morgan fingerprint density at radius 1 is 1.27 bits per heavy atom. The summed E-state index contributed by atoms with van der Waals surface area (Å²) >= 11 is 0. The maximum Gasteiger partial charge on any atom is 0.0124 e. The van der Waals surface area contributed by atoms with Crippen LogP contribution in [0.2, 0.25) is 0 Å². The summed E-state index contributed by atoms with van der Waals surface area (Å²) < 4.78 is 0. The lowest BCUT2D eigenvalue weighted by Crippen LogP contribution is -2.54. The SMILES string of the molecule is CNC(C)(C)CC1CCC2CC1C2(C)C. The molecule has 3 rings (SSSR count). The second-order valence-electron chi connectivity index (χ2n) is 7.04. The third-order valence-corrected chi connectivity index (χ3v) is 5.45. The molecule has 88 valence electrons. The van der Waals surface area contributed by atoms with Crippen LogP contribution in [-0.2, 0) is 0 Å². The second kappa shape index (κ2) is 3.48. The Labute approximate surface area is 95.0 Å². The normalized spacial score (nSPS) is 38.6. The minimum atomic E-state index is 0.323. The highest BCUT2D eigenvalue weighted by Gasteiger charge is 2.54. The minimum absolute atomic E-state index is 0.323. The fourth-order valence-corrected chi connectivity index (χ4v) is 3.96. The van der Waals surface area contributed by atoms with Crippen LogP contribution in [0.15, 0.2) is 0 Å². The van der Waals surface area contributed by atoms with Gasteiger partial charge in [-0.25, -0.2) is 0 Å². The number of rotatable bonds is 3. The fraction of sp³-hybridized carbons (Fsp3) is 1.00. The standard InChI is InChI=1S/C14H27N/c1-13(2,15-5)9-10-6-7-11-8-12(10)14(11,3)4/h10-12,15H,6-9H2,1-5H3. The van der Waals surface area contributed by atoms with E-state index >= 15 is 0 Å². The molecule has 3 fully saturated rings. The van der Waals surface area contributed by atoms with Crippen LogP contribution in [0.1, 0.15) is 53.4 Å². The fourth-order valence-electron chi connectivity index (χ4n) is 3.96. The summed E-state index contributed by atoms with van der Waals surface area (Å²) in [6, 6.07) is 0. The summed E-state index contributed by atoms with van der Waals surface area (Å²) in [7, 11) is 2.09. The van der Waals surface area contributed by atoms with E-state index in [0.29, 0.717) is 11.0 Å². The molecule has 1 nitrogen and oxygen atoms in total. The van der Waals surface area contributed by atoms with E-state index in [-0.39, 0.29) is 0 Å². The van der Waals surface area contributed by atoms with Gasteiger partial charge in [-0.1, -0.05) is 13.8 Å². The van der Waals surface area contributed by atoms with Crippen molar-refractivity contribution in [2.45, 2.75) is 58.9 Å². The van der Waals surface area contributed by atoms with Crippen LogP contribution < -0.4 is 5.32 Å². The zero-order valence-corrected chi connectivity index (χ0v) is 11.1. The van der Waals surface area contributed by atoms with Crippen molar-refractivity contribution in [2.24, 2.45) is 23.2 Å². The van der Waals surface area contributed by atoms with E-state index < -0.39 is 0 Å². The lowest BCUT2D eigenvalue weighted by Gasteiger charge is -2.61. The smallest absolute Gasteiger partial charge is 0.0124 e. The Hall–Kier alpha value is -0.0400. The van der Waals surface area contributed by atoms with Crippen LogP contribution >= 0.6 is 0 Å². The minimum Gasteiger partial charge on any atom is -0.315 e. The van der Waals surface area contributed by atoms with Gasteiger partial charge in [-0.15, -0.1) is 0 Å². The van der Waals surface area contributed by atoms with Crippen molar-refractivity contribution in [3.8, 4) is 0 Å². The molecular formula is C14H27N. The third kappa shape index (κ3) is 1.84. The average Bonchev–Trinajstić information content (AvgIpc) is 2.17. The molecule has 2 bridgehead atoms. The Bertz CT molecular complexity index is 240. The van der Waals surface area contributed by atoms with Crippen LogP contribution in [0.25, 0.3) is 0 Å². The van der Waals surface area contributed by atoms with E-state index in [1.165, 1.54) is 25.7 Å². The van der Waals surface area contributed by atoms with Crippen molar-refractivity contribution >= 4 is 0 Å². The van der Waals surface area contributed by atoms with Gasteiger partial charge in [-0.05, 0) is 69.7 Å². The van der Waals surface area contributed by atoms with Gasteiger partial charge in [-0.3, -0.25) is 0 Å². The second-order valence-corrected chi connectivity index (χ2v) is 7.04. The molecule has 0 heterocycles. The summed E-state index contributed by atoms with van der Waals surface area (Å²) in [6.45, 7) is 9.66. The largest absolute Gasteiger partial charge is 0.315 e. The van der Waals surface area contributed by atoms with Crippen LogP contribution in [0, 0.1) is 23.2 Å². The molecule has 0 amide bonds. The predicted octanol–water partition coefficient (Wildman–Crippen LogP) is 3.45. The van der Waals surface area contributed by atoms with Gasteiger partial charge in [0.1, 0.15) is 0 Å². The summed E-state index contributed by atoms with van der Waals surface area (Å²) in [4.78, 5) is 0. The first kappa shape index (κ1) is 11.4. The molecule has 3 unspecified atom stereocenters. The van der Waals surface area contributed by atoms with Gasteiger partial charge in [0.05, 0.1) is 0 Å². The predicted molar refractivity (Wildman–Crippen MR) is 65.9 cm³/mol. The summed E-state index contributed by atoms with van der Waals surface area (Å²) in [5, 5.41) is 3.45. The lowest BCUT2D eigenvalue weighted by atomic mass is 9.45. The van der Waals surface area contributed by atoms with Crippen molar-refractivity contribution in [3.63, 3.8) is 0 Å². The highest BCUT2D eigenvalue weighted by molar-refractivity contribution is 5.04. The Morgan fingerprint density at radius 3 is 2.40 bits per heavy atom. The van der Waals surface area contributed by atoms with Gasteiger partial charge >= 0.3 is 0 Å². The molecule has 0 aromatic heterocycles. The molecule has 15 heavy (non-hydrogen) atoms. The first-order valence-corrected chi connectivity index (χ1v) is 6.56. The summed E-state index contributed by atoms with van der Waals surface area (Å²) in [5.74, 6) is 3.01. The molecule has 0 spiro atoms. The molecule has 3 aliphatic rings. The number of nitrogens with one attached hydrogen (secondary N) is 1. The summed E-state index contributed by atoms with van der Waals surface area (Å²) in [5.41, 5.74) is 0.968. The molecule has 0 radical (unpaired) electrons. The number of hydrogen-bond donors (Lipinski definition) is 1. The topological polar surface area (TPSA) is 12.0 Å². The van der Waals surface area contributed by atoms with E-state index in [1.54, 1.807) is 0 Å². The molecule has 3 atom stereocenters. The molecule has 0 aromatic carbocycles. The Kier molecular flexibility index (Phi) is 2.65. The van der Waals surface area contributed by atoms with Gasteiger partial charge in [0.2, 0.25) is 0 Å². The van der Waals surface area contributed by atoms with E-state index in [1.807, 2.05) is 0 Å². The van der Waals surface area contributed by atoms with Gasteiger partial charge < -0.3 is 5.32 Å². The van der Waals surface area contributed by atoms with Crippen LogP contribution in [0.5, 0.6) is 0 Å². The average molecular weight is 209 g/mol. The molecule has 0 aromatic rings. The van der Waals surface area contributed by atoms with Crippen LogP contribution in [0.3, 0.4) is 0 Å². The quantitative estimate of drug-likeness (QED) is 0.750. The summed E-state index contributed by atoms with van der Waals surface area (Å²) in [6.07, 6.45) is 5.82. The highest BCUT2D eigenvalue weighted by atomic mass is 14.9. The van der Waals surface area contributed by atoms with Crippen molar-refractivity contribution < 1.29 is 0 Å². The lowest BCUT2D eigenvalue weighted by molar-refractivity contribution is -0.111. The third-order valence-electron chi connectivity index (χ3n) is 5.45. The maximum absolute atomic E-state index is 3.45. The Balaban J connectivity index is 2.00. The van der Waals surface area contributed by atoms with Crippen molar-refractivity contribution in [1.29, 1.82) is 0 Å². The molecular weight excluding hydrogens is 182 g/mol. The monoisotopic (exact) mass is 209 g/mol. The van der Waals surface area contributed by atoms with Crippen LogP contribution in [0.4, 0.5) is 0 Å². The van der Waals surface area contributed by atoms with Crippen molar-refractivity contribution in [1.82, 2.24) is 5.32 Å². The van der Waals surface area contributed by atoms with E-state index in [9.17, 15) is 0 Å². The van der Waals surface area contributed by atoms with Crippen molar-refractivity contribution in [2.75, 3.05) is 7.05 Å². The van der Waals surface area contributed by atoms with Gasteiger partial charge in [0.25, 0.3) is 0 Å². The first-order valence-electron chi connectivity index (χ1n) is 6.56. The van der Waals surface area contributed by atoms with Gasteiger partial charge in [-0.2, -0.15) is 0 Å². The molecule has 0 saturated heterocycles.